The first-order valence-electron chi connectivity index (χ1n) is 5.91. The summed E-state index contributed by atoms with van der Waals surface area (Å²) in [4.78, 5) is 13.5. The number of hydrogen-bond donors (Lipinski definition) is 2. The van der Waals surface area contributed by atoms with E-state index in [-0.39, 0.29) is 12.0 Å². The number of hydrazine groups is 1. The third kappa shape index (κ3) is 3.73. The smallest absolute Gasteiger partial charge is 0.233 e. The number of nitrogens with two attached hydrogens (primary N) is 1. The number of nitrogens with one attached hydrogen (secondary N) is 1. The van der Waals surface area contributed by atoms with Gasteiger partial charge in [0.25, 0.3) is 0 Å². The zero-order chi connectivity index (χ0) is 12.1. The lowest BCUT2D eigenvalue weighted by atomic mass is 10.1. The lowest BCUT2D eigenvalue weighted by Gasteiger charge is -2.40. The lowest BCUT2D eigenvalue weighted by Crippen LogP contribution is -2.51. The molecule has 3 atom stereocenters. The minimum Gasteiger partial charge on any atom is -0.376 e. The monoisotopic (exact) mass is 229 g/mol. The fourth-order valence-electron chi connectivity index (χ4n) is 2.12. The second-order valence-corrected chi connectivity index (χ2v) is 4.64. The van der Waals surface area contributed by atoms with Crippen molar-refractivity contribution in [3.05, 3.63) is 0 Å². The molecule has 3 N–H and O–H groups in total. The molecule has 1 rings (SSSR count). The van der Waals surface area contributed by atoms with Crippen LogP contribution in [0.25, 0.3) is 0 Å². The lowest BCUT2D eigenvalue weighted by molar-refractivity contribution is -0.121. The molecule has 94 valence electrons. The van der Waals surface area contributed by atoms with Crippen LogP contribution in [0.4, 0.5) is 0 Å². The average Bonchev–Trinajstić information content (AvgIpc) is 2.28. The maximum atomic E-state index is 11.1. The number of rotatable bonds is 4. The minimum absolute atomic E-state index is 0.0965. The van der Waals surface area contributed by atoms with E-state index in [2.05, 4.69) is 31.1 Å². The first kappa shape index (κ1) is 13.4. The van der Waals surface area contributed by atoms with Crippen LogP contribution in [-0.2, 0) is 9.53 Å². The summed E-state index contributed by atoms with van der Waals surface area (Å²) in [6.07, 6.45) is 1.60. The van der Waals surface area contributed by atoms with Crippen LogP contribution >= 0.6 is 0 Å². The van der Waals surface area contributed by atoms with Crippen LogP contribution in [0.3, 0.4) is 0 Å². The van der Waals surface area contributed by atoms with Crippen LogP contribution < -0.4 is 11.3 Å². The van der Waals surface area contributed by atoms with Gasteiger partial charge in [0.1, 0.15) is 0 Å². The van der Waals surface area contributed by atoms with E-state index in [1.54, 1.807) is 0 Å². The van der Waals surface area contributed by atoms with Gasteiger partial charge in [0.15, 0.2) is 0 Å². The molecule has 1 aliphatic heterocycles. The predicted molar refractivity (Wildman–Crippen MR) is 62.6 cm³/mol. The highest BCUT2D eigenvalue weighted by atomic mass is 16.5. The SMILES string of the molecule is CC1CN(C(C)CCC(=O)NN)C(C)CO1. The maximum absolute atomic E-state index is 11.1. The van der Waals surface area contributed by atoms with Gasteiger partial charge in [-0.25, -0.2) is 5.84 Å². The normalized spacial score (nSPS) is 28.8. The molecule has 5 nitrogen and oxygen atoms in total. The second-order valence-electron chi connectivity index (χ2n) is 4.64. The molecule has 0 bridgehead atoms. The van der Waals surface area contributed by atoms with Crippen LogP contribution in [-0.4, -0.2) is 42.1 Å². The number of nitrogens with zero attached hydrogens (tertiary/aromatic N) is 1. The maximum Gasteiger partial charge on any atom is 0.233 e. The molecule has 1 saturated heterocycles. The molecular weight excluding hydrogens is 206 g/mol. The number of hydrogen-bond acceptors (Lipinski definition) is 4. The Bertz CT molecular complexity index is 235. The zero-order valence-electron chi connectivity index (χ0n) is 10.4. The highest BCUT2D eigenvalue weighted by Crippen LogP contribution is 2.17. The summed E-state index contributed by atoms with van der Waals surface area (Å²) in [6, 6.07) is 0.811. The number of morpholine rings is 1. The average molecular weight is 229 g/mol. The van der Waals surface area contributed by atoms with Crippen molar-refractivity contribution < 1.29 is 9.53 Å². The molecule has 0 aliphatic carbocycles. The molecule has 1 amide bonds. The van der Waals surface area contributed by atoms with Gasteiger partial charge >= 0.3 is 0 Å². The Balaban J connectivity index is 2.39. The quantitative estimate of drug-likeness (QED) is 0.412. The van der Waals surface area contributed by atoms with Gasteiger partial charge in [-0.15, -0.1) is 0 Å². The van der Waals surface area contributed by atoms with Crippen molar-refractivity contribution in [3.8, 4) is 0 Å². The van der Waals surface area contributed by atoms with Gasteiger partial charge in [-0.1, -0.05) is 0 Å². The molecule has 0 saturated carbocycles. The Kier molecular flexibility index (Phi) is 5.18. The van der Waals surface area contributed by atoms with E-state index in [0.29, 0.717) is 18.5 Å². The first-order chi connectivity index (χ1) is 7.54. The van der Waals surface area contributed by atoms with Gasteiger partial charge in [-0.2, -0.15) is 0 Å². The highest BCUT2D eigenvalue weighted by Gasteiger charge is 2.27. The number of ether oxygens (including phenoxy) is 1. The van der Waals surface area contributed by atoms with Gasteiger partial charge in [-0.3, -0.25) is 15.1 Å². The molecule has 0 aromatic carbocycles. The summed E-state index contributed by atoms with van der Waals surface area (Å²) in [7, 11) is 0. The predicted octanol–water partition coefficient (Wildman–Crippen LogP) is 0.254. The summed E-state index contributed by atoms with van der Waals surface area (Å²) < 4.78 is 5.58. The Labute approximate surface area is 97.3 Å². The van der Waals surface area contributed by atoms with E-state index >= 15 is 0 Å². The van der Waals surface area contributed by atoms with Gasteiger partial charge < -0.3 is 4.74 Å². The Morgan fingerprint density at radius 2 is 2.31 bits per heavy atom. The molecular formula is C11H23N3O2. The molecule has 3 unspecified atom stereocenters. The van der Waals surface area contributed by atoms with Crippen molar-refractivity contribution in [3.63, 3.8) is 0 Å². The summed E-state index contributed by atoms with van der Waals surface area (Å²) in [5.74, 6) is 4.96. The van der Waals surface area contributed by atoms with E-state index in [4.69, 9.17) is 10.6 Å². The van der Waals surface area contributed by atoms with Crippen LogP contribution in [0.5, 0.6) is 0 Å². The standard InChI is InChI=1S/C11H23N3O2/c1-8(4-5-11(15)13-12)14-6-10(3)16-7-9(14)2/h8-10H,4-7,12H2,1-3H3,(H,13,15). The van der Waals surface area contributed by atoms with E-state index in [1.807, 2.05) is 0 Å². The third-order valence-corrected chi connectivity index (χ3v) is 3.17. The second kappa shape index (κ2) is 6.18. The fraction of sp³-hybridized carbons (Fsp3) is 0.909. The zero-order valence-corrected chi connectivity index (χ0v) is 10.4. The van der Waals surface area contributed by atoms with Crippen LogP contribution in [0, 0.1) is 0 Å². The minimum atomic E-state index is -0.0965. The molecule has 0 spiro atoms. The molecule has 5 heteroatoms. The van der Waals surface area contributed by atoms with Crippen molar-refractivity contribution in [2.45, 2.75) is 51.8 Å². The third-order valence-electron chi connectivity index (χ3n) is 3.17. The molecule has 0 aromatic heterocycles. The van der Waals surface area contributed by atoms with E-state index < -0.39 is 0 Å². The number of amides is 1. The summed E-state index contributed by atoms with van der Waals surface area (Å²) in [5.41, 5.74) is 2.16. The molecule has 1 aliphatic rings. The Morgan fingerprint density at radius 3 is 2.94 bits per heavy atom. The number of carbonyl (C=O) groups excluding carboxylic acids is 1. The molecule has 0 radical (unpaired) electrons. The Morgan fingerprint density at radius 1 is 1.62 bits per heavy atom. The van der Waals surface area contributed by atoms with E-state index in [1.165, 1.54) is 0 Å². The van der Waals surface area contributed by atoms with Crippen LogP contribution in [0.2, 0.25) is 0 Å². The summed E-state index contributed by atoms with van der Waals surface area (Å²) in [6.45, 7) is 8.10. The Hall–Kier alpha value is -0.650. The van der Waals surface area contributed by atoms with Crippen molar-refractivity contribution in [1.29, 1.82) is 0 Å². The molecule has 1 fully saturated rings. The summed E-state index contributed by atoms with van der Waals surface area (Å²) >= 11 is 0. The molecule has 16 heavy (non-hydrogen) atoms. The van der Waals surface area contributed by atoms with Crippen molar-refractivity contribution in [2.75, 3.05) is 13.2 Å². The van der Waals surface area contributed by atoms with Crippen LogP contribution in [0.1, 0.15) is 33.6 Å². The topological polar surface area (TPSA) is 67.6 Å². The summed E-state index contributed by atoms with van der Waals surface area (Å²) in [5, 5.41) is 0. The van der Waals surface area contributed by atoms with Gasteiger partial charge in [-0.05, 0) is 27.2 Å². The van der Waals surface area contributed by atoms with E-state index in [0.717, 1.165) is 19.6 Å². The van der Waals surface area contributed by atoms with Gasteiger partial charge in [0, 0.05) is 25.0 Å². The van der Waals surface area contributed by atoms with Crippen molar-refractivity contribution in [2.24, 2.45) is 5.84 Å². The number of carbonyl (C=O) groups is 1. The van der Waals surface area contributed by atoms with Crippen molar-refractivity contribution >= 4 is 5.91 Å². The van der Waals surface area contributed by atoms with Gasteiger partial charge in [0.2, 0.25) is 5.91 Å². The largest absolute Gasteiger partial charge is 0.376 e. The fourth-order valence-corrected chi connectivity index (χ4v) is 2.12. The molecule has 1 heterocycles. The molecule has 0 aromatic rings. The van der Waals surface area contributed by atoms with Crippen molar-refractivity contribution in [1.82, 2.24) is 10.3 Å². The van der Waals surface area contributed by atoms with E-state index in [9.17, 15) is 4.79 Å². The van der Waals surface area contributed by atoms with Crippen LogP contribution in [0.15, 0.2) is 0 Å². The van der Waals surface area contributed by atoms with Gasteiger partial charge in [0.05, 0.1) is 12.7 Å². The highest BCUT2D eigenvalue weighted by molar-refractivity contribution is 5.75. The first-order valence-corrected chi connectivity index (χ1v) is 5.91.